The number of ether oxygens (including phenoxy) is 1. The Labute approximate surface area is 135 Å². The molecule has 0 saturated carbocycles. The van der Waals surface area contributed by atoms with E-state index in [1.54, 1.807) is 7.11 Å². The molecule has 5 heteroatoms. The Kier molecular flexibility index (Phi) is 8.98. The average Bonchev–Trinajstić information content (AvgIpc) is 2.48. The summed E-state index contributed by atoms with van der Waals surface area (Å²) in [5, 5.41) is 14.6. The van der Waals surface area contributed by atoms with E-state index in [4.69, 9.17) is 9.57 Å². The van der Waals surface area contributed by atoms with E-state index >= 15 is 0 Å². The third-order valence-corrected chi connectivity index (χ3v) is 4.50. The van der Waals surface area contributed by atoms with Gasteiger partial charge in [0.05, 0.1) is 11.8 Å². The summed E-state index contributed by atoms with van der Waals surface area (Å²) < 4.78 is 6.01. The molecule has 0 spiro atoms. The monoisotopic (exact) mass is 314 g/mol. The quantitative estimate of drug-likeness (QED) is 0.497. The molecule has 0 aromatic heterocycles. The molecule has 22 heavy (non-hydrogen) atoms. The summed E-state index contributed by atoms with van der Waals surface area (Å²) in [7, 11) is 1.57. The minimum Gasteiger partial charge on any atom is -0.399 e. The van der Waals surface area contributed by atoms with Gasteiger partial charge in [-0.2, -0.15) is 0 Å². The van der Waals surface area contributed by atoms with Gasteiger partial charge in [0.25, 0.3) is 0 Å². The number of rotatable bonds is 10. The number of oxime groups is 1. The minimum atomic E-state index is -0.929. The topological polar surface area (TPSA) is 54.3 Å². The van der Waals surface area contributed by atoms with Gasteiger partial charge in [-0.1, -0.05) is 19.0 Å². The van der Waals surface area contributed by atoms with Crippen LogP contribution in [0.3, 0.4) is 0 Å². The summed E-state index contributed by atoms with van der Waals surface area (Å²) in [6, 6.07) is 0. The van der Waals surface area contributed by atoms with Crippen molar-refractivity contribution in [3.05, 3.63) is 0 Å². The third kappa shape index (κ3) is 7.07. The lowest BCUT2D eigenvalue weighted by molar-refractivity contribution is -0.258. The highest BCUT2D eigenvalue weighted by Crippen LogP contribution is 2.31. The highest BCUT2D eigenvalue weighted by Gasteiger charge is 2.34. The summed E-state index contributed by atoms with van der Waals surface area (Å²) >= 11 is 0. The largest absolute Gasteiger partial charge is 0.399 e. The van der Waals surface area contributed by atoms with Crippen LogP contribution < -0.4 is 0 Å². The van der Waals surface area contributed by atoms with Crippen LogP contribution in [0, 0.1) is 0 Å². The molecule has 1 fully saturated rings. The molecule has 0 aromatic rings. The Morgan fingerprint density at radius 1 is 1.41 bits per heavy atom. The van der Waals surface area contributed by atoms with Gasteiger partial charge in [0.15, 0.2) is 5.79 Å². The lowest BCUT2D eigenvalue weighted by Gasteiger charge is -2.38. The molecule has 0 bridgehead atoms. The highest BCUT2D eigenvalue weighted by atomic mass is 16.6. The van der Waals surface area contributed by atoms with Crippen LogP contribution in [0.5, 0.6) is 0 Å². The molecule has 1 heterocycles. The molecule has 130 valence electrons. The zero-order chi connectivity index (χ0) is 16.4. The molecule has 0 amide bonds. The standard InChI is InChI=1S/C17H34N2O3/c1-5-19(6-2)14-13-17(20)12-8-11-16(22-17)10-7-9-15(3)18-21-4/h16,20H,5-14H2,1-4H3/t16-,17-/m0/s1. The van der Waals surface area contributed by atoms with Gasteiger partial charge in [-0.15, -0.1) is 0 Å². The Bertz CT molecular complexity index is 332. The van der Waals surface area contributed by atoms with Crippen molar-refractivity contribution < 1.29 is 14.7 Å². The van der Waals surface area contributed by atoms with E-state index in [2.05, 4.69) is 23.9 Å². The summed E-state index contributed by atoms with van der Waals surface area (Å²) in [5.41, 5.74) is 1.01. The fraction of sp³-hybridized carbons (Fsp3) is 0.941. The first-order valence-corrected chi connectivity index (χ1v) is 8.72. The number of hydrogen-bond donors (Lipinski definition) is 1. The second kappa shape index (κ2) is 10.2. The lowest BCUT2D eigenvalue weighted by Crippen LogP contribution is -2.43. The predicted molar refractivity (Wildman–Crippen MR) is 90.0 cm³/mol. The van der Waals surface area contributed by atoms with Crippen molar-refractivity contribution in [2.24, 2.45) is 5.16 Å². The molecule has 1 saturated heterocycles. The maximum absolute atomic E-state index is 10.7. The van der Waals surface area contributed by atoms with E-state index in [0.29, 0.717) is 6.42 Å². The van der Waals surface area contributed by atoms with E-state index < -0.39 is 5.79 Å². The van der Waals surface area contributed by atoms with Gasteiger partial charge < -0.3 is 19.6 Å². The van der Waals surface area contributed by atoms with Crippen LogP contribution in [0.15, 0.2) is 5.16 Å². The summed E-state index contributed by atoms with van der Waals surface area (Å²) in [6.45, 7) is 9.23. The van der Waals surface area contributed by atoms with Crippen molar-refractivity contribution in [2.75, 3.05) is 26.7 Å². The fourth-order valence-corrected chi connectivity index (χ4v) is 3.08. The second-order valence-electron chi connectivity index (χ2n) is 6.26. The maximum atomic E-state index is 10.7. The SMILES string of the molecule is CCN(CC)CC[C@]1(O)CCC[C@H](CCCC(C)=NOC)O1. The van der Waals surface area contributed by atoms with Crippen LogP contribution in [0.25, 0.3) is 0 Å². The van der Waals surface area contributed by atoms with Gasteiger partial charge in [-0.3, -0.25) is 0 Å². The molecule has 1 aliphatic heterocycles. The molecule has 5 nitrogen and oxygen atoms in total. The number of aliphatic hydroxyl groups is 1. The van der Waals surface area contributed by atoms with E-state index in [1.165, 1.54) is 0 Å². The van der Waals surface area contributed by atoms with E-state index in [-0.39, 0.29) is 6.10 Å². The normalized spacial score (nSPS) is 26.5. The summed E-state index contributed by atoms with van der Waals surface area (Å²) in [5.74, 6) is -0.929. The average molecular weight is 314 g/mol. The molecule has 1 N–H and O–H groups in total. The van der Waals surface area contributed by atoms with Crippen LogP contribution >= 0.6 is 0 Å². The lowest BCUT2D eigenvalue weighted by atomic mass is 9.95. The molecule has 0 aromatic carbocycles. The highest BCUT2D eigenvalue weighted by molar-refractivity contribution is 5.81. The van der Waals surface area contributed by atoms with Crippen LogP contribution in [-0.2, 0) is 9.57 Å². The first kappa shape index (κ1) is 19.4. The molecule has 0 unspecified atom stereocenters. The van der Waals surface area contributed by atoms with Crippen molar-refractivity contribution >= 4 is 5.71 Å². The van der Waals surface area contributed by atoms with Gasteiger partial charge >= 0.3 is 0 Å². The van der Waals surface area contributed by atoms with Crippen molar-refractivity contribution in [3.8, 4) is 0 Å². The Morgan fingerprint density at radius 2 is 2.14 bits per heavy atom. The van der Waals surface area contributed by atoms with Gasteiger partial charge in [-0.25, -0.2) is 0 Å². The van der Waals surface area contributed by atoms with E-state index in [9.17, 15) is 5.11 Å². The maximum Gasteiger partial charge on any atom is 0.167 e. The van der Waals surface area contributed by atoms with E-state index in [1.807, 2.05) is 6.92 Å². The Hall–Kier alpha value is -0.650. The van der Waals surface area contributed by atoms with Gasteiger partial charge in [-0.05, 0) is 52.1 Å². The molecular formula is C17H34N2O3. The first-order valence-electron chi connectivity index (χ1n) is 8.72. The zero-order valence-corrected chi connectivity index (χ0v) is 14.8. The van der Waals surface area contributed by atoms with Crippen LogP contribution in [-0.4, -0.2) is 54.4 Å². The molecule has 2 atom stereocenters. The van der Waals surface area contributed by atoms with Crippen molar-refractivity contribution in [1.29, 1.82) is 0 Å². The van der Waals surface area contributed by atoms with Gasteiger partial charge in [0.2, 0.25) is 0 Å². The second-order valence-corrected chi connectivity index (χ2v) is 6.26. The zero-order valence-electron chi connectivity index (χ0n) is 14.8. The molecule has 0 radical (unpaired) electrons. The minimum absolute atomic E-state index is 0.172. The Balaban J connectivity index is 2.34. The summed E-state index contributed by atoms with van der Waals surface area (Å²) in [4.78, 5) is 7.10. The van der Waals surface area contributed by atoms with Gasteiger partial charge in [0.1, 0.15) is 7.11 Å². The first-order chi connectivity index (χ1) is 10.5. The number of nitrogens with zero attached hydrogens (tertiary/aromatic N) is 2. The van der Waals surface area contributed by atoms with Crippen LogP contribution in [0.4, 0.5) is 0 Å². The smallest absolute Gasteiger partial charge is 0.167 e. The third-order valence-electron chi connectivity index (χ3n) is 4.50. The van der Waals surface area contributed by atoms with Crippen molar-refractivity contribution in [2.45, 2.75) is 77.6 Å². The predicted octanol–water partition coefficient (Wildman–Crippen LogP) is 3.17. The molecule has 1 rings (SSSR count). The van der Waals surface area contributed by atoms with E-state index in [0.717, 1.165) is 63.9 Å². The number of hydrogen-bond acceptors (Lipinski definition) is 5. The molecule has 0 aliphatic carbocycles. The van der Waals surface area contributed by atoms with Crippen LogP contribution in [0.2, 0.25) is 0 Å². The van der Waals surface area contributed by atoms with Crippen molar-refractivity contribution in [3.63, 3.8) is 0 Å². The van der Waals surface area contributed by atoms with Gasteiger partial charge in [0, 0.05) is 19.4 Å². The fourth-order valence-electron chi connectivity index (χ4n) is 3.08. The molecule has 1 aliphatic rings. The molecular weight excluding hydrogens is 280 g/mol. The Morgan fingerprint density at radius 3 is 2.77 bits per heavy atom. The summed E-state index contributed by atoms with van der Waals surface area (Å²) in [6.07, 6.45) is 6.65. The van der Waals surface area contributed by atoms with Crippen molar-refractivity contribution in [1.82, 2.24) is 4.90 Å². The van der Waals surface area contributed by atoms with Crippen LogP contribution in [0.1, 0.15) is 65.7 Å².